The van der Waals surface area contributed by atoms with Crippen LogP contribution < -0.4 is 0 Å². The second-order valence-corrected chi connectivity index (χ2v) is 12.0. The fourth-order valence-corrected chi connectivity index (χ4v) is 8.93. The number of ether oxygens (including phenoxy) is 1. The van der Waals surface area contributed by atoms with Gasteiger partial charge in [0.05, 0.1) is 24.9 Å². The van der Waals surface area contributed by atoms with E-state index in [9.17, 15) is 20.1 Å². The van der Waals surface area contributed by atoms with Gasteiger partial charge in [0.2, 0.25) is 5.79 Å². The molecule has 2 aromatic rings. The maximum Gasteiger partial charge on any atom is 0.208 e. The van der Waals surface area contributed by atoms with Crippen molar-refractivity contribution in [1.82, 2.24) is 15.0 Å². The Hall–Kier alpha value is -2.65. The topological polar surface area (TPSA) is 118 Å². The number of nitrogens with zero attached hydrogens (tertiary/aromatic N) is 3. The van der Waals surface area contributed by atoms with Gasteiger partial charge in [0.25, 0.3) is 0 Å². The van der Waals surface area contributed by atoms with Crippen molar-refractivity contribution in [2.24, 2.45) is 34.0 Å². The van der Waals surface area contributed by atoms with E-state index in [1.54, 1.807) is 0 Å². The van der Waals surface area contributed by atoms with Crippen LogP contribution in [0, 0.1) is 34.0 Å². The first-order valence-electron chi connectivity index (χ1n) is 12.7. The van der Waals surface area contributed by atoms with Crippen molar-refractivity contribution < 1.29 is 24.9 Å². The van der Waals surface area contributed by atoms with Crippen LogP contribution in [0.2, 0.25) is 0 Å². The van der Waals surface area contributed by atoms with Crippen molar-refractivity contribution in [2.75, 3.05) is 6.61 Å². The average molecular weight is 490 g/mol. The molecule has 188 valence electrons. The van der Waals surface area contributed by atoms with Gasteiger partial charge in [-0.3, -0.25) is 4.79 Å². The summed E-state index contributed by atoms with van der Waals surface area (Å²) < 4.78 is 7.83. The minimum atomic E-state index is -2.19. The molecule has 2 saturated heterocycles. The number of allylic oxidation sites excluding steroid dienone is 1. The number of carbonyl (C=O) groups excluding carboxylic acids is 1. The number of aliphatic hydroxyl groups is 3. The third kappa shape index (κ3) is 2.25. The van der Waals surface area contributed by atoms with Gasteiger partial charge < -0.3 is 20.1 Å². The van der Waals surface area contributed by atoms with Crippen LogP contribution in [0.1, 0.15) is 32.7 Å². The highest BCUT2D eigenvalue weighted by atomic mass is 16.6. The van der Waals surface area contributed by atoms with E-state index in [1.807, 2.05) is 41.2 Å². The zero-order chi connectivity index (χ0) is 25.3. The smallest absolute Gasteiger partial charge is 0.208 e. The summed E-state index contributed by atoms with van der Waals surface area (Å²) in [5.74, 6) is -3.78. The number of hydrogen-bond donors (Lipinski definition) is 3. The Morgan fingerprint density at radius 2 is 1.89 bits per heavy atom. The summed E-state index contributed by atoms with van der Waals surface area (Å²) in [5, 5.41) is 44.1. The highest BCUT2D eigenvalue weighted by Gasteiger charge is 2.85. The fourth-order valence-electron chi connectivity index (χ4n) is 8.93. The van der Waals surface area contributed by atoms with E-state index in [1.165, 1.54) is 0 Å². The Bertz CT molecular complexity index is 1320. The molecule has 8 nitrogen and oxygen atoms in total. The Morgan fingerprint density at radius 3 is 2.64 bits per heavy atom. The van der Waals surface area contributed by atoms with Crippen LogP contribution in [0.25, 0.3) is 11.3 Å². The van der Waals surface area contributed by atoms with Gasteiger partial charge in [-0.2, -0.15) is 0 Å². The van der Waals surface area contributed by atoms with Crippen LogP contribution in [0.3, 0.4) is 0 Å². The van der Waals surface area contributed by atoms with Gasteiger partial charge in [-0.25, -0.2) is 4.68 Å². The van der Waals surface area contributed by atoms with E-state index < -0.39 is 46.1 Å². The minimum absolute atomic E-state index is 0.175. The molecule has 0 amide bonds. The fraction of sp³-hybridized carbons (Fsp3) is 0.536. The summed E-state index contributed by atoms with van der Waals surface area (Å²) in [5.41, 5.74) is -0.868. The zero-order valence-electron chi connectivity index (χ0n) is 20.4. The molecule has 5 fully saturated rings. The molecule has 3 saturated carbocycles. The second-order valence-electron chi connectivity index (χ2n) is 12.0. The number of aliphatic hydroxyl groups excluding tert-OH is 2. The Morgan fingerprint density at radius 1 is 1.14 bits per heavy atom. The quantitative estimate of drug-likeness (QED) is 0.438. The molecule has 3 N–H and O–H groups in total. The molecule has 8 rings (SSSR count). The Balaban J connectivity index is 1.37. The first kappa shape index (κ1) is 22.5. The van der Waals surface area contributed by atoms with E-state index in [4.69, 9.17) is 4.74 Å². The predicted molar refractivity (Wildman–Crippen MR) is 129 cm³/mol. The second kappa shape index (κ2) is 6.81. The Kier molecular flexibility index (Phi) is 4.26. The third-order valence-corrected chi connectivity index (χ3v) is 10.4. The number of rotatable bonds is 2. The van der Waals surface area contributed by atoms with Crippen molar-refractivity contribution in [3.05, 3.63) is 60.8 Å². The van der Waals surface area contributed by atoms with E-state index in [0.717, 1.165) is 11.3 Å². The maximum atomic E-state index is 13.7. The molecule has 2 spiro atoms. The van der Waals surface area contributed by atoms with E-state index in [2.05, 4.69) is 42.9 Å². The summed E-state index contributed by atoms with van der Waals surface area (Å²) in [4.78, 5) is 13.7. The van der Waals surface area contributed by atoms with E-state index >= 15 is 0 Å². The molecule has 3 heterocycles. The van der Waals surface area contributed by atoms with E-state index in [-0.39, 0.29) is 24.3 Å². The maximum absolute atomic E-state index is 13.7. The summed E-state index contributed by atoms with van der Waals surface area (Å²) in [7, 11) is 0. The molecule has 4 bridgehead atoms. The van der Waals surface area contributed by atoms with Crippen LogP contribution in [0.5, 0.6) is 0 Å². The summed E-state index contributed by atoms with van der Waals surface area (Å²) in [6.07, 6.45) is 4.80. The number of hydrogen-bond acceptors (Lipinski definition) is 7. The summed E-state index contributed by atoms with van der Waals surface area (Å²) >= 11 is 0. The molecule has 1 aromatic heterocycles. The van der Waals surface area contributed by atoms with Gasteiger partial charge >= 0.3 is 0 Å². The van der Waals surface area contributed by atoms with Crippen LogP contribution in [-0.2, 0) is 9.53 Å². The molecule has 0 radical (unpaired) electrons. The first-order chi connectivity index (χ1) is 17.1. The average Bonchev–Trinajstić information content (AvgIpc) is 3.37. The molecular formula is C28H31N3O5. The number of carbonyl (C=O) groups is 1. The first-order valence-corrected chi connectivity index (χ1v) is 12.7. The molecule has 0 unspecified atom stereocenters. The third-order valence-electron chi connectivity index (χ3n) is 10.4. The highest BCUT2D eigenvalue weighted by molar-refractivity contribution is 6.05. The van der Waals surface area contributed by atoms with Crippen molar-refractivity contribution in [3.8, 4) is 11.3 Å². The number of benzene rings is 1. The van der Waals surface area contributed by atoms with Crippen LogP contribution in [-0.4, -0.2) is 60.7 Å². The summed E-state index contributed by atoms with van der Waals surface area (Å²) in [6, 6.07) is 9.58. The molecule has 1 aromatic carbocycles. The van der Waals surface area contributed by atoms with Crippen molar-refractivity contribution in [2.45, 2.75) is 50.7 Å². The van der Waals surface area contributed by atoms with Gasteiger partial charge in [0.15, 0.2) is 5.78 Å². The van der Waals surface area contributed by atoms with Crippen molar-refractivity contribution >= 4 is 5.78 Å². The summed E-state index contributed by atoms with van der Waals surface area (Å²) in [6.45, 7) is 8.27. The van der Waals surface area contributed by atoms with Gasteiger partial charge in [-0.05, 0) is 29.7 Å². The van der Waals surface area contributed by atoms with Crippen molar-refractivity contribution in [3.63, 3.8) is 0 Å². The van der Waals surface area contributed by atoms with Gasteiger partial charge in [0.1, 0.15) is 17.2 Å². The lowest BCUT2D eigenvalue weighted by Crippen LogP contribution is -2.83. The van der Waals surface area contributed by atoms with Crippen LogP contribution in [0.15, 0.2) is 60.8 Å². The standard InChI is InChI=1S/C28H31N3O5/c1-15-17-9-10-19-26-12-11-20(31-13-18(29-30-31)16-7-5-4-6-8-16)25(2,3)21(26)24(34)28(35,36-14-26)27(19,22(15)32)23(17)33/h4-8,11-13,17,19-21,23-24,33-35H,1,9-10,14H2,2-3H3/t17-,19-,20+,21+,23+,24-,26+,27-,28-/m0/s1. The molecule has 36 heavy (non-hydrogen) atoms. The van der Waals surface area contributed by atoms with Crippen LogP contribution in [0.4, 0.5) is 0 Å². The van der Waals surface area contributed by atoms with E-state index in [0.29, 0.717) is 18.4 Å². The van der Waals surface area contributed by atoms with Gasteiger partial charge in [-0.1, -0.05) is 68.1 Å². The van der Waals surface area contributed by atoms with Gasteiger partial charge in [0, 0.05) is 22.8 Å². The largest absolute Gasteiger partial charge is 0.391 e. The monoisotopic (exact) mass is 489 g/mol. The van der Waals surface area contributed by atoms with Gasteiger partial charge in [-0.15, -0.1) is 5.10 Å². The molecule has 8 heteroatoms. The Labute approximate surface area is 209 Å². The number of aromatic nitrogens is 3. The number of Topliss-reactive ketones (excluding diaryl/α,β-unsaturated/α-hetero) is 1. The SMILES string of the molecule is C=C1C(=O)[C@]23[C@H](O)[C@H]1CC[C@H]2[C@]12C=C[C@@H](n4cc(-c5ccccc5)nn4)C(C)(C)[C@H]1[C@H](O)[C@]3(O)OC2. The van der Waals surface area contributed by atoms with Crippen LogP contribution >= 0.6 is 0 Å². The molecule has 4 aliphatic carbocycles. The molecule has 9 atom stereocenters. The normalized spacial score (nSPS) is 46.0. The molecular weight excluding hydrogens is 458 g/mol. The molecule has 6 aliphatic rings. The zero-order valence-corrected chi connectivity index (χ0v) is 20.4. The predicted octanol–water partition coefficient (Wildman–Crippen LogP) is 2.29. The minimum Gasteiger partial charge on any atom is -0.391 e. The van der Waals surface area contributed by atoms with Crippen molar-refractivity contribution in [1.29, 1.82) is 0 Å². The number of ketones is 1. The molecule has 2 aliphatic heterocycles. The lowest BCUT2D eigenvalue weighted by molar-refractivity contribution is -0.437. The lowest BCUT2D eigenvalue weighted by atomic mass is 9.37. The number of fused-ring (bicyclic) bond motifs is 2. The lowest BCUT2D eigenvalue weighted by Gasteiger charge is -2.73. The highest BCUT2D eigenvalue weighted by Crippen LogP contribution is 2.76.